The van der Waals surface area contributed by atoms with Gasteiger partial charge in [-0.05, 0) is 73.5 Å². The molecule has 174 valence electrons. The van der Waals surface area contributed by atoms with Crippen molar-refractivity contribution < 1.29 is 17.6 Å². The Morgan fingerprint density at radius 1 is 1.06 bits per heavy atom. The molecule has 0 atom stereocenters. The fraction of sp³-hybridized carbons (Fsp3) is 0.174. The fourth-order valence-corrected chi connectivity index (χ4v) is 5.69. The Labute approximate surface area is 210 Å². The molecule has 0 radical (unpaired) electrons. The molecule has 1 N–H and O–H groups in total. The first-order valence-electron chi connectivity index (χ1n) is 9.74. The highest BCUT2D eigenvalue weighted by Gasteiger charge is 2.29. The van der Waals surface area contributed by atoms with Crippen LogP contribution in [0.4, 0.5) is 10.1 Å². The Bertz CT molecular complexity index is 1260. The molecule has 10 heteroatoms. The molecule has 0 aliphatic rings. The third-order valence-corrected chi connectivity index (χ3v) is 7.80. The minimum Gasteiger partial charge on any atom is -0.324 e. The Balaban J connectivity index is 1.96. The van der Waals surface area contributed by atoms with Crippen molar-refractivity contribution >= 4 is 60.7 Å². The number of sulfonamides is 1. The van der Waals surface area contributed by atoms with Gasteiger partial charge in [0.1, 0.15) is 5.82 Å². The van der Waals surface area contributed by atoms with Gasteiger partial charge in [0.2, 0.25) is 15.9 Å². The zero-order chi connectivity index (χ0) is 24.3. The van der Waals surface area contributed by atoms with E-state index in [1.54, 1.807) is 0 Å². The Morgan fingerprint density at radius 3 is 2.24 bits per heavy atom. The summed E-state index contributed by atoms with van der Waals surface area (Å²) in [4.78, 5) is 12.8. The second-order valence-electron chi connectivity index (χ2n) is 7.39. The van der Waals surface area contributed by atoms with E-state index in [0.29, 0.717) is 10.7 Å². The molecule has 0 saturated carbocycles. The minimum atomic E-state index is -4.18. The number of carbonyl (C=O) groups is 1. The number of hydrogen-bond acceptors (Lipinski definition) is 3. The molecule has 0 bridgehead atoms. The molecule has 3 aromatic rings. The molecule has 0 spiro atoms. The summed E-state index contributed by atoms with van der Waals surface area (Å²) in [6.07, 6.45) is 0. The van der Waals surface area contributed by atoms with Gasteiger partial charge in [-0.3, -0.25) is 4.79 Å². The van der Waals surface area contributed by atoms with E-state index >= 15 is 0 Å². The number of benzene rings is 3. The van der Waals surface area contributed by atoms with Crippen molar-refractivity contribution in [2.75, 3.05) is 11.9 Å². The van der Waals surface area contributed by atoms with Gasteiger partial charge in [0.25, 0.3) is 0 Å². The summed E-state index contributed by atoms with van der Waals surface area (Å²) >= 11 is 15.4. The number of nitrogens with one attached hydrogen (secondary N) is 1. The quantitative estimate of drug-likeness (QED) is 0.358. The van der Waals surface area contributed by atoms with E-state index in [-0.39, 0.29) is 15.5 Å². The predicted octanol–water partition coefficient (Wildman–Crippen LogP) is 6.34. The first kappa shape index (κ1) is 25.6. The first-order chi connectivity index (χ1) is 15.5. The number of halogens is 4. The average molecular weight is 574 g/mol. The topological polar surface area (TPSA) is 66.5 Å². The normalized spacial score (nSPS) is 11.6. The molecular formula is C23H20BrCl2FN2O3S. The van der Waals surface area contributed by atoms with Crippen molar-refractivity contribution in [2.45, 2.75) is 25.3 Å². The number of amides is 1. The summed E-state index contributed by atoms with van der Waals surface area (Å²) in [6.45, 7) is 2.68. The summed E-state index contributed by atoms with van der Waals surface area (Å²) in [5.74, 6) is -1.24. The summed E-state index contributed by atoms with van der Waals surface area (Å²) in [7, 11) is -4.18. The SMILES string of the molecule is Cc1cc(Br)cc(C)c1NC(=O)CN(Cc1c(F)cccc1Cl)S(=O)(=O)c1ccc(Cl)cc1. The van der Waals surface area contributed by atoms with Crippen molar-refractivity contribution in [2.24, 2.45) is 0 Å². The molecule has 5 nitrogen and oxygen atoms in total. The van der Waals surface area contributed by atoms with Crippen LogP contribution in [0.2, 0.25) is 10.0 Å². The third kappa shape index (κ3) is 6.13. The molecule has 33 heavy (non-hydrogen) atoms. The minimum absolute atomic E-state index is 0.0273. The molecule has 0 aliphatic carbocycles. The van der Waals surface area contributed by atoms with E-state index in [1.165, 1.54) is 42.5 Å². The Hall–Kier alpha value is -1.97. The van der Waals surface area contributed by atoms with Gasteiger partial charge in [-0.25, -0.2) is 12.8 Å². The number of aryl methyl sites for hydroxylation is 2. The second kappa shape index (κ2) is 10.5. The average Bonchev–Trinajstić information content (AvgIpc) is 2.73. The number of anilines is 1. The van der Waals surface area contributed by atoms with Crippen molar-refractivity contribution in [3.63, 3.8) is 0 Å². The lowest BCUT2D eigenvalue weighted by molar-refractivity contribution is -0.116. The number of rotatable bonds is 7. The fourth-order valence-electron chi connectivity index (χ4n) is 3.29. The second-order valence-corrected chi connectivity index (χ2v) is 11.1. The molecule has 1 amide bonds. The lowest BCUT2D eigenvalue weighted by Gasteiger charge is -2.23. The van der Waals surface area contributed by atoms with Crippen LogP contribution in [0.15, 0.2) is 64.0 Å². The molecule has 0 aromatic heterocycles. The third-order valence-electron chi connectivity index (χ3n) is 4.93. The maximum atomic E-state index is 14.5. The van der Waals surface area contributed by atoms with Crippen LogP contribution in [0.3, 0.4) is 0 Å². The molecule has 3 aromatic carbocycles. The van der Waals surface area contributed by atoms with E-state index in [0.717, 1.165) is 19.9 Å². The summed E-state index contributed by atoms with van der Waals surface area (Å²) < 4.78 is 42.9. The monoisotopic (exact) mass is 572 g/mol. The zero-order valence-corrected chi connectivity index (χ0v) is 21.6. The number of hydrogen-bond donors (Lipinski definition) is 1. The van der Waals surface area contributed by atoms with Gasteiger partial charge in [0, 0.05) is 32.3 Å². The standard InChI is InChI=1S/C23H20BrCl2FN2O3S/c1-14-10-16(24)11-15(2)23(14)28-22(30)13-29(12-19-20(26)4-3-5-21(19)27)33(31,32)18-8-6-17(25)7-9-18/h3-11H,12-13H2,1-2H3,(H,28,30). The van der Waals surface area contributed by atoms with Crippen LogP contribution in [-0.4, -0.2) is 25.2 Å². The Kier molecular flexibility index (Phi) is 8.18. The van der Waals surface area contributed by atoms with Gasteiger partial charge >= 0.3 is 0 Å². The van der Waals surface area contributed by atoms with Crippen molar-refractivity contribution in [1.82, 2.24) is 4.31 Å². The van der Waals surface area contributed by atoms with Gasteiger partial charge in [-0.1, -0.05) is 45.2 Å². The van der Waals surface area contributed by atoms with Crippen molar-refractivity contribution in [3.05, 3.63) is 91.6 Å². The van der Waals surface area contributed by atoms with Crippen LogP contribution in [0.1, 0.15) is 16.7 Å². The van der Waals surface area contributed by atoms with Gasteiger partial charge in [0.05, 0.1) is 11.4 Å². The molecule has 0 aliphatic heterocycles. The predicted molar refractivity (Wildman–Crippen MR) is 133 cm³/mol. The molecule has 0 heterocycles. The molecule has 0 fully saturated rings. The molecule has 0 unspecified atom stereocenters. The highest BCUT2D eigenvalue weighted by molar-refractivity contribution is 9.10. The van der Waals surface area contributed by atoms with Crippen LogP contribution < -0.4 is 5.32 Å². The van der Waals surface area contributed by atoms with E-state index in [9.17, 15) is 17.6 Å². The molecule has 0 saturated heterocycles. The van der Waals surface area contributed by atoms with Crippen molar-refractivity contribution in [1.29, 1.82) is 0 Å². The largest absolute Gasteiger partial charge is 0.324 e. The maximum absolute atomic E-state index is 14.5. The lowest BCUT2D eigenvalue weighted by atomic mass is 10.1. The first-order valence-corrected chi connectivity index (χ1v) is 12.7. The Morgan fingerprint density at radius 2 is 1.67 bits per heavy atom. The zero-order valence-electron chi connectivity index (χ0n) is 17.7. The van der Waals surface area contributed by atoms with Crippen molar-refractivity contribution in [3.8, 4) is 0 Å². The van der Waals surface area contributed by atoms with E-state index in [4.69, 9.17) is 23.2 Å². The van der Waals surface area contributed by atoms with Gasteiger partial charge in [-0.15, -0.1) is 0 Å². The van der Waals surface area contributed by atoms with Gasteiger partial charge in [0.15, 0.2) is 0 Å². The number of nitrogens with zero attached hydrogens (tertiary/aromatic N) is 1. The summed E-state index contributed by atoms with van der Waals surface area (Å²) in [5, 5.41) is 3.19. The number of carbonyl (C=O) groups excluding carboxylic acids is 1. The van der Waals surface area contributed by atoms with Gasteiger partial charge < -0.3 is 5.32 Å². The smallest absolute Gasteiger partial charge is 0.243 e. The molecular weight excluding hydrogens is 554 g/mol. The van der Waals surface area contributed by atoms with E-state index in [1.807, 2.05) is 26.0 Å². The van der Waals surface area contributed by atoms with Crippen LogP contribution in [0, 0.1) is 19.7 Å². The maximum Gasteiger partial charge on any atom is 0.243 e. The van der Waals surface area contributed by atoms with E-state index < -0.39 is 34.8 Å². The van der Waals surface area contributed by atoms with Crippen LogP contribution in [0.25, 0.3) is 0 Å². The highest BCUT2D eigenvalue weighted by Crippen LogP contribution is 2.27. The lowest BCUT2D eigenvalue weighted by Crippen LogP contribution is -2.38. The molecule has 3 rings (SSSR count). The van der Waals surface area contributed by atoms with Crippen LogP contribution in [-0.2, 0) is 21.4 Å². The van der Waals surface area contributed by atoms with Crippen LogP contribution in [0.5, 0.6) is 0 Å². The van der Waals surface area contributed by atoms with E-state index in [2.05, 4.69) is 21.2 Å². The summed E-state index contributed by atoms with van der Waals surface area (Å²) in [5.41, 5.74) is 2.16. The summed E-state index contributed by atoms with van der Waals surface area (Å²) in [6, 6.07) is 13.3. The highest BCUT2D eigenvalue weighted by atomic mass is 79.9. The van der Waals surface area contributed by atoms with Crippen LogP contribution >= 0.6 is 39.1 Å². The van der Waals surface area contributed by atoms with Gasteiger partial charge in [-0.2, -0.15) is 4.31 Å².